The first kappa shape index (κ1) is 12.1. The fourth-order valence-electron chi connectivity index (χ4n) is 1.55. The van der Waals surface area contributed by atoms with Crippen LogP contribution in [0.15, 0.2) is 12.1 Å². The highest BCUT2D eigenvalue weighted by Gasteiger charge is 2.06. The van der Waals surface area contributed by atoms with E-state index in [1.54, 1.807) is 13.0 Å². The SMILES string of the molecule is Cc1cc(CCCCCN)c(F)cc1F. The zero-order chi connectivity index (χ0) is 11.3. The van der Waals surface area contributed by atoms with Crippen molar-refractivity contribution in [3.05, 3.63) is 34.9 Å². The largest absolute Gasteiger partial charge is 0.330 e. The van der Waals surface area contributed by atoms with E-state index in [9.17, 15) is 8.78 Å². The van der Waals surface area contributed by atoms with Crippen LogP contribution < -0.4 is 5.73 Å². The predicted molar refractivity (Wildman–Crippen MR) is 57.7 cm³/mol. The maximum atomic E-state index is 13.3. The van der Waals surface area contributed by atoms with Crippen molar-refractivity contribution in [3.63, 3.8) is 0 Å². The van der Waals surface area contributed by atoms with Crippen LogP contribution in [0.5, 0.6) is 0 Å². The van der Waals surface area contributed by atoms with E-state index in [4.69, 9.17) is 5.73 Å². The highest BCUT2D eigenvalue weighted by Crippen LogP contribution is 2.16. The summed E-state index contributed by atoms with van der Waals surface area (Å²) in [4.78, 5) is 0. The van der Waals surface area contributed by atoms with E-state index in [0.717, 1.165) is 25.3 Å². The number of nitrogens with two attached hydrogens (primary N) is 1. The van der Waals surface area contributed by atoms with Gasteiger partial charge in [0.1, 0.15) is 11.6 Å². The molecule has 0 saturated carbocycles. The van der Waals surface area contributed by atoms with Crippen LogP contribution in [0.1, 0.15) is 30.4 Å². The predicted octanol–water partition coefficient (Wildman–Crippen LogP) is 2.94. The highest BCUT2D eigenvalue weighted by molar-refractivity contribution is 5.25. The molecule has 1 aromatic rings. The minimum atomic E-state index is -0.474. The summed E-state index contributed by atoms with van der Waals surface area (Å²) >= 11 is 0. The number of rotatable bonds is 5. The Morgan fingerprint density at radius 3 is 2.47 bits per heavy atom. The van der Waals surface area contributed by atoms with Gasteiger partial charge < -0.3 is 5.73 Å². The van der Waals surface area contributed by atoms with Crippen molar-refractivity contribution in [3.8, 4) is 0 Å². The topological polar surface area (TPSA) is 26.0 Å². The van der Waals surface area contributed by atoms with Gasteiger partial charge in [-0.2, -0.15) is 0 Å². The van der Waals surface area contributed by atoms with Crippen LogP contribution >= 0.6 is 0 Å². The zero-order valence-corrected chi connectivity index (χ0v) is 9.02. The molecule has 1 nitrogen and oxygen atoms in total. The number of benzene rings is 1. The molecule has 0 aromatic heterocycles. The second kappa shape index (κ2) is 5.81. The van der Waals surface area contributed by atoms with Crippen molar-refractivity contribution in [2.24, 2.45) is 5.73 Å². The third kappa shape index (κ3) is 3.59. The molecular weight excluding hydrogens is 196 g/mol. The summed E-state index contributed by atoms with van der Waals surface area (Å²) in [7, 11) is 0. The van der Waals surface area contributed by atoms with Gasteiger partial charge in [-0.25, -0.2) is 8.78 Å². The van der Waals surface area contributed by atoms with E-state index in [-0.39, 0.29) is 0 Å². The third-order valence-electron chi connectivity index (χ3n) is 2.48. The van der Waals surface area contributed by atoms with Gasteiger partial charge in [-0.05, 0) is 43.9 Å². The second-order valence-corrected chi connectivity index (χ2v) is 3.79. The lowest BCUT2D eigenvalue weighted by molar-refractivity contribution is 0.561. The van der Waals surface area contributed by atoms with Crippen molar-refractivity contribution in [1.82, 2.24) is 0 Å². The highest BCUT2D eigenvalue weighted by atomic mass is 19.1. The Morgan fingerprint density at radius 2 is 1.80 bits per heavy atom. The molecule has 15 heavy (non-hydrogen) atoms. The van der Waals surface area contributed by atoms with Gasteiger partial charge in [0.05, 0.1) is 0 Å². The molecule has 0 heterocycles. The summed E-state index contributed by atoms with van der Waals surface area (Å²) in [5.41, 5.74) is 6.47. The monoisotopic (exact) mass is 213 g/mol. The molecule has 0 saturated heterocycles. The summed E-state index contributed by atoms with van der Waals surface area (Å²) in [6.45, 7) is 2.32. The third-order valence-corrected chi connectivity index (χ3v) is 2.48. The molecule has 0 amide bonds. The summed E-state index contributed by atoms with van der Waals surface area (Å²) < 4.78 is 26.2. The Bertz CT molecular complexity index is 324. The quantitative estimate of drug-likeness (QED) is 0.748. The molecule has 0 atom stereocenters. The Kier molecular flexibility index (Phi) is 4.69. The number of unbranched alkanes of at least 4 members (excludes halogenated alkanes) is 2. The molecule has 1 rings (SSSR count). The van der Waals surface area contributed by atoms with Crippen molar-refractivity contribution in [2.45, 2.75) is 32.6 Å². The van der Waals surface area contributed by atoms with Crippen LogP contribution in [0.3, 0.4) is 0 Å². The summed E-state index contributed by atoms with van der Waals surface area (Å²) in [6.07, 6.45) is 3.51. The Hall–Kier alpha value is -0.960. The molecule has 0 aliphatic heterocycles. The van der Waals surface area contributed by atoms with E-state index in [1.165, 1.54) is 0 Å². The lowest BCUT2D eigenvalue weighted by Crippen LogP contribution is -1.99. The van der Waals surface area contributed by atoms with Gasteiger partial charge in [0.2, 0.25) is 0 Å². The lowest BCUT2D eigenvalue weighted by atomic mass is 10.0. The minimum Gasteiger partial charge on any atom is -0.330 e. The van der Waals surface area contributed by atoms with Crippen LogP contribution in [-0.4, -0.2) is 6.54 Å². The van der Waals surface area contributed by atoms with Crippen LogP contribution in [0.4, 0.5) is 8.78 Å². The molecule has 0 fully saturated rings. The number of aryl methyl sites for hydroxylation is 2. The number of hydrogen-bond donors (Lipinski definition) is 1. The van der Waals surface area contributed by atoms with Crippen molar-refractivity contribution in [1.29, 1.82) is 0 Å². The first-order valence-corrected chi connectivity index (χ1v) is 5.29. The number of hydrogen-bond acceptors (Lipinski definition) is 1. The Balaban J connectivity index is 2.57. The summed E-state index contributed by atoms with van der Waals surface area (Å²) in [5.74, 6) is -0.913. The summed E-state index contributed by atoms with van der Waals surface area (Å²) in [5, 5.41) is 0. The molecule has 0 aliphatic carbocycles. The minimum absolute atomic E-state index is 0.439. The average molecular weight is 213 g/mol. The molecule has 2 N–H and O–H groups in total. The van der Waals surface area contributed by atoms with Crippen LogP contribution in [-0.2, 0) is 6.42 Å². The van der Waals surface area contributed by atoms with Crippen molar-refractivity contribution >= 4 is 0 Å². The van der Waals surface area contributed by atoms with E-state index in [1.807, 2.05) is 0 Å². The fraction of sp³-hybridized carbons (Fsp3) is 0.500. The van der Waals surface area contributed by atoms with Gasteiger partial charge in [-0.3, -0.25) is 0 Å². The molecule has 1 aromatic carbocycles. The van der Waals surface area contributed by atoms with E-state index in [0.29, 0.717) is 24.1 Å². The molecule has 0 spiro atoms. The van der Waals surface area contributed by atoms with Gasteiger partial charge in [-0.15, -0.1) is 0 Å². The number of halogens is 2. The lowest BCUT2D eigenvalue weighted by Gasteiger charge is -2.05. The maximum Gasteiger partial charge on any atom is 0.129 e. The zero-order valence-electron chi connectivity index (χ0n) is 9.02. The molecular formula is C12H17F2N. The van der Waals surface area contributed by atoms with E-state index < -0.39 is 11.6 Å². The van der Waals surface area contributed by atoms with Crippen molar-refractivity contribution in [2.75, 3.05) is 6.54 Å². The van der Waals surface area contributed by atoms with E-state index >= 15 is 0 Å². The normalized spacial score (nSPS) is 10.7. The fourth-order valence-corrected chi connectivity index (χ4v) is 1.55. The first-order valence-electron chi connectivity index (χ1n) is 5.29. The Morgan fingerprint density at radius 1 is 1.07 bits per heavy atom. The van der Waals surface area contributed by atoms with E-state index in [2.05, 4.69) is 0 Å². The molecule has 0 bridgehead atoms. The van der Waals surface area contributed by atoms with Gasteiger partial charge in [0.25, 0.3) is 0 Å². The second-order valence-electron chi connectivity index (χ2n) is 3.79. The molecule has 3 heteroatoms. The van der Waals surface area contributed by atoms with Gasteiger partial charge >= 0.3 is 0 Å². The average Bonchev–Trinajstić information content (AvgIpc) is 2.20. The van der Waals surface area contributed by atoms with Crippen LogP contribution in [0.25, 0.3) is 0 Å². The molecule has 0 aliphatic rings. The molecule has 0 radical (unpaired) electrons. The van der Waals surface area contributed by atoms with Gasteiger partial charge in [-0.1, -0.05) is 12.5 Å². The van der Waals surface area contributed by atoms with Gasteiger partial charge in [0, 0.05) is 6.07 Å². The van der Waals surface area contributed by atoms with Crippen molar-refractivity contribution < 1.29 is 8.78 Å². The van der Waals surface area contributed by atoms with Crippen LogP contribution in [0.2, 0.25) is 0 Å². The standard InChI is InChI=1S/C12H17F2N/c1-9-7-10(5-3-2-4-6-15)12(14)8-11(9)13/h7-8H,2-6,15H2,1H3. The molecule has 0 unspecified atom stereocenters. The first-order chi connectivity index (χ1) is 7.15. The summed E-state index contributed by atoms with van der Waals surface area (Å²) in [6, 6.07) is 2.56. The smallest absolute Gasteiger partial charge is 0.129 e. The Labute approximate surface area is 89.3 Å². The molecule has 84 valence electrons. The van der Waals surface area contributed by atoms with Crippen LogP contribution in [0, 0.1) is 18.6 Å². The van der Waals surface area contributed by atoms with Gasteiger partial charge in [0.15, 0.2) is 0 Å². The maximum absolute atomic E-state index is 13.3.